The number of carbonyl (C=O) groups is 1. The van der Waals surface area contributed by atoms with Crippen molar-refractivity contribution in [1.82, 2.24) is 4.90 Å². The number of hydrogen-bond acceptors (Lipinski definition) is 2. The maximum Gasteiger partial charge on any atom is 0.150 e. The van der Waals surface area contributed by atoms with E-state index in [2.05, 4.69) is 25.7 Å². The summed E-state index contributed by atoms with van der Waals surface area (Å²) < 4.78 is 0. The van der Waals surface area contributed by atoms with Gasteiger partial charge >= 0.3 is 0 Å². The number of hydrogen-bond donors (Lipinski definition) is 0. The first kappa shape index (κ1) is 15.0. The average Bonchev–Trinajstić information content (AvgIpc) is 2.83. The van der Waals surface area contributed by atoms with Gasteiger partial charge in [-0.1, -0.05) is 39.0 Å². The number of Topliss-reactive ketones (excluding diaryl/α,β-unsaturated/α-hetero) is 1. The summed E-state index contributed by atoms with van der Waals surface area (Å²) in [5.41, 5.74) is 0.124. The Balaban J connectivity index is 2.16. The van der Waals surface area contributed by atoms with Gasteiger partial charge in [0.05, 0.1) is 6.04 Å². The van der Waals surface area contributed by atoms with E-state index in [1.54, 1.807) is 0 Å². The molecule has 0 N–H and O–H groups in total. The molecule has 2 fully saturated rings. The third-order valence-corrected chi connectivity index (χ3v) is 5.24. The van der Waals surface area contributed by atoms with E-state index in [0.29, 0.717) is 18.1 Å². The van der Waals surface area contributed by atoms with E-state index < -0.39 is 0 Å². The molecule has 0 amide bonds. The van der Waals surface area contributed by atoms with E-state index in [9.17, 15) is 4.79 Å². The molecule has 1 aliphatic heterocycles. The van der Waals surface area contributed by atoms with Crippen molar-refractivity contribution in [2.24, 2.45) is 11.8 Å². The SMILES string of the molecule is CCC(=O)C1C(C2CCCCC2)CCN1C(C)(C)C. The zero-order valence-corrected chi connectivity index (χ0v) is 13.2. The van der Waals surface area contributed by atoms with Crippen molar-refractivity contribution in [2.45, 2.75) is 84.2 Å². The molecule has 1 aliphatic carbocycles. The molecule has 2 atom stereocenters. The van der Waals surface area contributed by atoms with Gasteiger partial charge in [0.25, 0.3) is 0 Å². The topological polar surface area (TPSA) is 20.3 Å². The van der Waals surface area contributed by atoms with E-state index in [-0.39, 0.29) is 11.6 Å². The fraction of sp³-hybridized carbons (Fsp3) is 0.941. The minimum Gasteiger partial charge on any atom is -0.298 e. The summed E-state index contributed by atoms with van der Waals surface area (Å²) >= 11 is 0. The molecule has 2 heteroatoms. The van der Waals surface area contributed by atoms with E-state index in [1.165, 1.54) is 38.5 Å². The Morgan fingerprint density at radius 1 is 1.11 bits per heavy atom. The van der Waals surface area contributed by atoms with E-state index in [0.717, 1.165) is 12.5 Å². The summed E-state index contributed by atoms with van der Waals surface area (Å²) in [5.74, 6) is 1.91. The molecular weight excluding hydrogens is 234 g/mol. The van der Waals surface area contributed by atoms with Gasteiger partial charge in [-0.15, -0.1) is 0 Å². The van der Waals surface area contributed by atoms with Gasteiger partial charge in [-0.25, -0.2) is 0 Å². The number of rotatable bonds is 3. The number of nitrogens with zero attached hydrogens (tertiary/aromatic N) is 1. The third kappa shape index (κ3) is 3.21. The average molecular weight is 265 g/mol. The summed E-state index contributed by atoms with van der Waals surface area (Å²) in [6, 6.07) is 0.202. The molecule has 0 aromatic rings. The normalized spacial score (nSPS) is 30.7. The van der Waals surface area contributed by atoms with Crippen LogP contribution in [0, 0.1) is 11.8 Å². The van der Waals surface area contributed by atoms with Crippen molar-refractivity contribution >= 4 is 5.78 Å². The minimum atomic E-state index is 0.124. The van der Waals surface area contributed by atoms with Crippen LogP contribution in [-0.2, 0) is 4.79 Å². The molecule has 0 radical (unpaired) electrons. The Morgan fingerprint density at radius 3 is 2.26 bits per heavy atom. The van der Waals surface area contributed by atoms with Crippen molar-refractivity contribution in [2.75, 3.05) is 6.54 Å². The first-order valence-electron chi connectivity index (χ1n) is 8.24. The van der Waals surface area contributed by atoms with Crippen molar-refractivity contribution in [3.05, 3.63) is 0 Å². The maximum absolute atomic E-state index is 12.5. The highest BCUT2D eigenvalue weighted by Gasteiger charge is 2.45. The second-order valence-corrected chi connectivity index (χ2v) is 7.48. The molecule has 0 spiro atoms. The number of ketones is 1. The largest absolute Gasteiger partial charge is 0.298 e. The Morgan fingerprint density at radius 2 is 1.74 bits per heavy atom. The molecule has 0 bridgehead atoms. The molecule has 2 rings (SSSR count). The van der Waals surface area contributed by atoms with Crippen LogP contribution in [0.3, 0.4) is 0 Å². The smallest absolute Gasteiger partial charge is 0.150 e. The lowest BCUT2D eigenvalue weighted by atomic mass is 9.75. The second kappa shape index (κ2) is 5.95. The maximum atomic E-state index is 12.5. The summed E-state index contributed by atoms with van der Waals surface area (Å²) in [6.07, 6.45) is 8.80. The Hall–Kier alpha value is -0.370. The van der Waals surface area contributed by atoms with Gasteiger partial charge in [0.1, 0.15) is 5.78 Å². The fourth-order valence-corrected chi connectivity index (χ4v) is 4.25. The summed E-state index contributed by atoms with van der Waals surface area (Å²) in [5, 5.41) is 0. The summed E-state index contributed by atoms with van der Waals surface area (Å²) in [7, 11) is 0. The van der Waals surface area contributed by atoms with Gasteiger partial charge in [0, 0.05) is 12.0 Å². The molecule has 2 unspecified atom stereocenters. The lowest BCUT2D eigenvalue weighted by Crippen LogP contribution is -2.50. The summed E-state index contributed by atoms with van der Waals surface area (Å²) in [4.78, 5) is 15.0. The van der Waals surface area contributed by atoms with Gasteiger partial charge in [-0.2, -0.15) is 0 Å². The zero-order chi connectivity index (χ0) is 14.0. The highest BCUT2D eigenvalue weighted by molar-refractivity contribution is 5.84. The van der Waals surface area contributed by atoms with Crippen LogP contribution in [0.1, 0.15) is 72.6 Å². The van der Waals surface area contributed by atoms with Gasteiger partial charge in [0.2, 0.25) is 0 Å². The molecule has 1 saturated carbocycles. The zero-order valence-electron chi connectivity index (χ0n) is 13.2. The van der Waals surface area contributed by atoms with Crippen molar-refractivity contribution < 1.29 is 4.79 Å². The van der Waals surface area contributed by atoms with Crippen LogP contribution in [-0.4, -0.2) is 28.8 Å². The van der Waals surface area contributed by atoms with Gasteiger partial charge in [0.15, 0.2) is 0 Å². The summed E-state index contributed by atoms with van der Waals surface area (Å²) in [6.45, 7) is 9.91. The van der Waals surface area contributed by atoms with Crippen LogP contribution in [0.4, 0.5) is 0 Å². The van der Waals surface area contributed by atoms with Crippen LogP contribution in [0.5, 0.6) is 0 Å². The Bertz CT molecular complexity index is 312. The van der Waals surface area contributed by atoms with Gasteiger partial charge < -0.3 is 0 Å². The second-order valence-electron chi connectivity index (χ2n) is 7.48. The number of carbonyl (C=O) groups excluding carboxylic acids is 1. The molecule has 19 heavy (non-hydrogen) atoms. The molecule has 2 aliphatic rings. The highest BCUT2D eigenvalue weighted by Crippen LogP contribution is 2.41. The van der Waals surface area contributed by atoms with E-state index in [4.69, 9.17) is 0 Å². The predicted octanol–water partition coefficient (Wildman–Crippen LogP) is 4.03. The predicted molar refractivity (Wildman–Crippen MR) is 80.2 cm³/mol. The fourth-order valence-electron chi connectivity index (χ4n) is 4.25. The van der Waals surface area contributed by atoms with Gasteiger partial charge in [-0.05, 0) is 45.6 Å². The van der Waals surface area contributed by atoms with Crippen LogP contribution < -0.4 is 0 Å². The Labute approximate surface area is 118 Å². The van der Waals surface area contributed by atoms with Crippen LogP contribution in [0.2, 0.25) is 0 Å². The van der Waals surface area contributed by atoms with Crippen molar-refractivity contribution in [3.8, 4) is 0 Å². The molecular formula is C17H31NO. The van der Waals surface area contributed by atoms with E-state index in [1.807, 2.05) is 6.92 Å². The molecule has 0 aromatic heterocycles. The first-order valence-corrected chi connectivity index (χ1v) is 8.24. The molecule has 1 heterocycles. The molecule has 110 valence electrons. The minimum absolute atomic E-state index is 0.124. The first-order chi connectivity index (χ1) is 8.95. The molecule has 0 aromatic carbocycles. The van der Waals surface area contributed by atoms with Crippen LogP contribution in [0.15, 0.2) is 0 Å². The van der Waals surface area contributed by atoms with Crippen LogP contribution in [0.25, 0.3) is 0 Å². The Kier molecular flexibility index (Phi) is 4.70. The number of likely N-dealkylation sites (tertiary alicyclic amines) is 1. The lowest BCUT2D eigenvalue weighted by molar-refractivity contribution is -0.126. The third-order valence-electron chi connectivity index (χ3n) is 5.24. The standard InChI is InChI=1S/C17H31NO/c1-5-15(19)16-14(13-9-7-6-8-10-13)11-12-18(16)17(2,3)4/h13-14,16H,5-12H2,1-4H3. The van der Waals surface area contributed by atoms with Crippen LogP contribution >= 0.6 is 0 Å². The van der Waals surface area contributed by atoms with Crippen molar-refractivity contribution in [1.29, 1.82) is 0 Å². The highest BCUT2D eigenvalue weighted by atomic mass is 16.1. The van der Waals surface area contributed by atoms with Crippen molar-refractivity contribution in [3.63, 3.8) is 0 Å². The lowest BCUT2D eigenvalue weighted by Gasteiger charge is -2.39. The van der Waals surface area contributed by atoms with E-state index >= 15 is 0 Å². The molecule has 2 nitrogen and oxygen atoms in total. The monoisotopic (exact) mass is 265 g/mol. The molecule has 1 saturated heterocycles. The quantitative estimate of drug-likeness (QED) is 0.767. The van der Waals surface area contributed by atoms with Gasteiger partial charge in [-0.3, -0.25) is 9.69 Å².